The van der Waals surface area contributed by atoms with Crippen LogP contribution in [0.2, 0.25) is 0 Å². The summed E-state index contributed by atoms with van der Waals surface area (Å²) < 4.78 is 0. The van der Waals surface area contributed by atoms with Gasteiger partial charge in [0.25, 0.3) is 11.6 Å². The number of carbonyl (C=O) groups is 2. The van der Waals surface area contributed by atoms with Gasteiger partial charge in [-0.2, -0.15) is 0 Å². The van der Waals surface area contributed by atoms with Crippen molar-refractivity contribution in [3.05, 3.63) is 39.4 Å². The van der Waals surface area contributed by atoms with Gasteiger partial charge >= 0.3 is 5.97 Å². The molecule has 0 radical (unpaired) electrons. The molecule has 0 aliphatic carbocycles. The van der Waals surface area contributed by atoms with E-state index in [4.69, 9.17) is 5.11 Å². The molecule has 1 rings (SSSR count). The van der Waals surface area contributed by atoms with E-state index in [1.54, 1.807) is 6.92 Å². The number of aliphatic carboxylic acids is 1. The number of benzene rings is 1. The third-order valence-electron chi connectivity index (χ3n) is 2.39. The second-order valence-electron chi connectivity index (χ2n) is 3.79. The van der Waals surface area contributed by atoms with Crippen molar-refractivity contribution in [3.8, 4) is 0 Å². The average Bonchev–Trinajstić information content (AvgIpc) is 2.28. The van der Waals surface area contributed by atoms with Crippen LogP contribution in [-0.2, 0) is 4.79 Å². The average molecular weight is 252 g/mol. The van der Waals surface area contributed by atoms with E-state index in [0.717, 1.165) is 6.07 Å². The Hall–Kier alpha value is -2.44. The van der Waals surface area contributed by atoms with Crippen molar-refractivity contribution in [3.63, 3.8) is 0 Å². The number of hydrogen-bond donors (Lipinski definition) is 2. The zero-order chi connectivity index (χ0) is 13.9. The molecular weight excluding hydrogens is 240 g/mol. The third kappa shape index (κ3) is 3.03. The molecule has 0 aromatic heterocycles. The number of nitro groups is 1. The Balaban J connectivity index is 2.97. The molecule has 1 amide bonds. The zero-order valence-electron chi connectivity index (χ0n) is 9.84. The molecule has 1 aromatic rings. The van der Waals surface area contributed by atoms with E-state index in [0.29, 0.717) is 5.56 Å². The van der Waals surface area contributed by atoms with Gasteiger partial charge in [0.1, 0.15) is 6.04 Å². The van der Waals surface area contributed by atoms with E-state index in [1.165, 1.54) is 19.1 Å². The van der Waals surface area contributed by atoms with E-state index in [2.05, 4.69) is 5.32 Å². The fourth-order valence-electron chi connectivity index (χ4n) is 1.29. The van der Waals surface area contributed by atoms with E-state index >= 15 is 0 Å². The Morgan fingerprint density at radius 3 is 2.56 bits per heavy atom. The Morgan fingerprint density at radius 1 is 1.44 bits per heavy atom. The minimum absolute atomic E-state index is 0.0559. The van der Waals surface area contributed by atoms with E-state index < -0.39 is 22.8 Å². The number of nitrogens with one attached hydrogen (secondary N) is 1. The molecule has 0 saturated heterocycles. The second kappa shape index (κ2) is 5.26. The van der Waals surface area contributed by atoms with Crippen molar-refractivity contribution in [2.24, 2.45) is 0 Å². The first-order chi connectivity index (χ1) is 8.32. The number of rotatable bonds is 4. The van der Waals surface area contributed by atoms with Crippen LogP contribution in [0.15, 0.2) is 18.2 Å². The minimum Gasteiger partial charge on any atom is -0.480 e. The maximum atomic E-state index is 11.6. The number of carboxylic acids is 1. The summed E-state index contributed by atoms with van der Waals surface area (Å²) in [5.74, 6) is -1.84. The van der Waals surface area contributed by atoms with Crippen molar-refractivity contribution in [1.82, 2.24) is 5.32 Å². The lowest BCUT2D eigenvalue weighted by Crippen LogP contribution is -2.38. The van der Waals surface area contributed by atoms with E-state index in [9.17, 15) is 19.7 Å². The van der Waals surface area contributed by atoms with Crippen LogP contribution in [0.4, 0.5) is 5.69 Å². The van der Waals surface area contributed by atoms with Gasteiger partial charge in [-0.15, -0.1) is 0 Å². The van der Waals surface area contributed by atoms with Crippen LogP contribution in [0.3, 0.4) is 0 Å². The molecule has 7 heteroatoms. The molecule has 1 aromatic carbocycles. The molecule has 0 aliphatic heterocycles. The lowest BCUT2D eigenvalue weighted by Gasteiger charge is -2.09. The monoisotopic (exact) mass is 252 g/mol. The molecule has 96 valence electrons. The molecule has 0 spiro atoms. The van der Waals surface area contributed by atoms with Gasteiger partial charge in [-0.3, -0.25) is 19.7 Å². The van der Waals surface area contributed by atoms with Gasteiger partial charge < -0.3 is 10.4 Å². The molecule has 0 bridgehead atoms. The summed E-state index contributed by atoms with van der Waals surface area (Å²) >= 11 is 0. The van der Waals surface area contributed by atoms with Crippen molar-refractivity contribution in [2.45, 2.75) is 19.9 Å². The molecule has 0 heterocycles. The number of amides is 1. The normalized spacial score (nSPS) is 11.7. The Labute approximate surface area is 103 Å². The molecule has 7 nitrogen and oxygen atoms in total. The number of nitrogens with zero attached hydrogens (tertiary/aromatic N) is 1. The number of aryl methyl sites for hydroxylation is 1. The molecule has 2 N–H and O–H groups in total. The zero-order valence-corrected chi connectivity index (χ0v) is 9.84. The van der Waals surface area contributed by atoms with E-state index in [1.807, 2.05) is 0 Å². The quantitative estimate of drug-likeness (QED) is 0.616. The summed E-state index contributed by atoms with van der Waals surface area (Å²) in [6, 6.07) is 2.92. The number of hydrogen-bond acceptors (Lipinski definition) is 4. The van der Waals surface area contributed by atoms with Crippen LogP contribution < -0.4 is 5.32 Å². The number of nitro benzene ring substituents is 1. The van der Waals surface area contributed by atoms with Crippen molar-refractivity contribution < 1.29 is 19.6 Å². The topological polar surface area (TPSA) is 110 Å². The van der Waals surface area contributed by atoms with Gasteiger partial charge in [-0.1, -0.05) is 6.07 Å². The first kappa shape index (κ1) is 13.6. The largest absolute Gasteiger partial charge is 0.480 e. The van der Waals surface area contributed by atoms with Gasteiger partial charge in [0, 0.05) is 17.2 Å². The summed E-state index contributed by atoms with van der Waals surface area (Å²) in [7, 11) is 0. The maximum Gasteiger partial charge on any atom is 0.325 e. The lowest BCUT2D eigenvalue weighted by molar-refractivity contribution is -0.385. The number of carboxylic acid groups (broad SMARTS) is 1. The van der Waals surface area contributed by atoms with Crippen molar-refractivity contribution in [2.75, 3.05) is 0 Å². The third-order valence-corrected chi connectivity index (χ3v) is 2.39. The minimum atomic E-state index is -1.18. The molecule has 0 fully saturated rings. The van der Waals surface area contributed by atoms with Crippen LogP contribution >= 0.6 is 0 Å². The first-order valence-corrected chi connectivity index (χ1v) is 5.11. The van der Waals surface area contributed by atoms with Gasteiger partial charge in [0.15, 0.2) is 0 Å². The summed E-state index contributed by atoms with van der Waals surface area (Å²) in [4.78, 5) is 32.3. The van der Waals surface area contributed by atoms with Crippen LogP contribution in [0, 0.1) is 17.0 Å². The van der Waals surface area contributed by atoms with Gasteiger partial charge in [-0.05, 0) is 19.9 Å². The summed E-state index contributed by atoms with van der Waals surface area (Å²) in [5, 5.41) is 21.6. The van der Waals surface area contributed by atoms with Crippen LogP contribution in [0.5, 0.6) is 0 Å². The Kier molecular flexibility index (Phi) is 3.98. The predicted octanol–water partition coefficient (Wildman–Crippen LogP) is 1.11. The molecule has 1 unspecified atom stereocenters. The molecular formula is C11H12N2O5. The van der Waals surface area contributed by atoms with Gasteiger partial charge in [0.05, 0.1) is 4.92 Å². The van der Waals surface area contributed by atoms with Gasteiger partial charge in [0.2, 0.25) is 0 Å². The second-order valence-corrected chi connectivity index (χ2v) is 3.79. The van der Waals surface area contributed by atoms with E-state index in [-0.39, 0.29) is 11.3 Å². The molecule has 0 saturated carbocycles. The summed E-state index contributed by atoms with van der Waals surface area (Å²) in [6.07, 6.45) is 0. The SMILES string of the molecule is Cc1ccc(C(=O)NC(C)C(=O)O)cc1[N+](=O)[O-]. The highest BCUT2D eigenvalue weighted by atomic mass is 16.6. The number of carbonyl (C=O) groups excluding carboxylic acids is 1. The Morgan fingerprint density at radius 2 is 2.06 bits per heavy atom. The lowest BCUT2D eigenvalue weighted by atomic mass is 10.1. The fourth-order valence-corrected chi connectivity index (χ4v) is 1.29. The predicted molar refractivity (Wildman–Crippen MR) is 62.4 cm³/mol. The first-order valence-electron chi connectivity index (χ1n) is 5.11. The molecule has 1 atom stereocenters. The summed E-state index contributed by atoms with van der Waals surface area (Å²) in [5.41, 5.74) is 0.314. The van der Waals surface area contributed by atoms with Crippen molar-refractivity contribution >= 4 is 17.6 Å². The van der Waals surface area contributed by atoms with Crippen molar-refractivity contribution in [1.29, 1.82) is 0 Å². The molecule has 18 heavy (non-hydrogen) atoms. The van der Waals surface area contributed by atoms with Crippen LogP contribution in [0.1, 0.15) is 22.8 Å². The smallest absolute Gasteiger partial charge is 0.325 e. The van der Waals surface area contributed by atoms with Crippen LogP contribution in [0.25, 0.3) is 0 Å². The van der Waals surface area contributed by atoms with Gasteiger partial charge in [-0.25, -0.2) is 0 Å². The highest BCUT2D eigenvalue weighted by Gasteiger charge is 2.18. The van der Waals surface area contributed by atoms with Crippen LogP contribution in [-0.4, -0.2) is 27.9 Å². The Bertz CT molecular complexity index is 512. The highest BCUT2D eigenvalue weighted by Crippen LogP contribution is 2.19. The fraction of sp³-hybridized carbons (Fsp3) is 0.273. The standard InChI is InChI=1S/C11H12N2O5/c1-6-3-4-8(5-9(6)13(17)18)10(14)12-7(2)11(15)16/h3-5,7H,1-2H3,(H,12,14)(H,15,16). The maximum absolute atomic E-state index is 11.6. The molecule has 0 aliphatic rings. The summed E-state index contributed by atoms with van der Waals surface area (Å²) in [6.45, 7) is 2.86. The highest BCUT2D eigenvalue weighted by molar-refractivity contribution is 5.97.